The van der Waals surface area contributed by atoms with Gasteiger partial charge in [-0.1, -0.05) is 0 Å². The van der Waals surface area contributed by atoms with E-state index in [9.17, 15) is 9.59 Å². The number of ether oxygens (including phenoxy) is 1. The largest absolute Gasteiger partial charge is 0.444 e. The number of pyridine rings is 1. The molecule has 0 N–H and O–H groups in total. The van der Waals surface area contributed by atoms with Gasteiger partial charge in [-0.15, -0.1) is 0 Å². The topological polar surface area (TPSA) is 62.7 Å². The third-order valence-corrected chi connectivity index (χ3v) is 4.42. The van der Waals surface area contributed by atoms with Crippen LogP contribution in [-0.4, -0.2) is 58.1 Å². The highest BCUT2D eigenvalue weighted by atomic mass is 16.6. The molecule has 2 amide bonds. The second-order valence-corrected chi connectivity index (χ2v) is 8.23. The van der Waals surface area contributed by atoms with Crippen LogP contribution in [0, 0.1) is 5.92 Å². The predicted octanol–water partition coefficient (Wildman–Crippen LogP) is 3.58. The van der Waals surface area contributed by atoms with Crippen molar-refractivity contribution in [2.45, 2.75) is 59.1 Å². The maximum Gasteiger partial charge on any atom is 0.410 e. The summed E-state index contributed by atoms with van der Waals surface area (Å²) >= 11 is 0. The van der Waals surface area contributed by atoms with Crippen molar-refractivity contribution in [3.63, 3.8) is 0 Å². The number of nitrogens with zero attached hydrogens (tertiary/aromatic N) is 3. The van der Waals surface area contributed by atoms with E-state index < -0.39 is 5.60 Å². The van der Waals surface area contributed by atoms with E-state index >= 15 is 0 Å². The van der Waals surface area contributed by atoms with Crippen LogP contribution in [0.4, 0.5) is 4.79 Å². The molecule has 1 saturated heterocycles. The van der Waals surface area contributed by atoms with E-state index in [1.165, 1.54) is 0 Å². The van der Waals surface area contributed by atoms with Crippen LogP contribution < -0.4 is 0 Å². The van der Waals surface area contributed by atoms with Crippen LogP contribution in [0.3, 0.4) is 0 Å². The maximum absolute atomic E-state index is 12.7. The minimum Gasteiger partial charge on any atom is -0.444 e. The molecule has 1 aliphatic heterocycles. The van der Waals surface area contributed by atoms with Gasteiger partial charge in [0.15, 0.2) is 0 Å². The molecule has 2 rings (SSSR count). The molecule has 1 aromatic rings. The number of carbonyl (C=O) groups excluding carboxylic acids is 2. The second-order valence-electron chi connectivity index (χ2n) is 8.23. The van der Waals surface area contributed by atoms with Crippen LogP contribution in [0.2, 0.25) is 0 Å². The van der Waals surface area contributed by atoms with Crippen molar-refractivity contribution < 1.29 is 14.3 Å². The fraction of sp³-hybridized carbons (Fsp3) is 0.650. The first-order valence-corrected chi connectivity index (χ1v) is 9.36. The molecule has 6 nitrogen and oxygen atoms in total. The summed E-state index contributed by atoms with van der Waals surface area (Å²) in [4.78, 5) is 32.9. The fourth-order valence-electron chi connectivity index (χ4n) is 3.17. The molecule has 0 aromatic carbocycles. The summed E-state index contributed by atoms with van der Waals surface area (Å²) in [5, 5.41) is 0. The van der Waals surface area contributed by atoms with E-state index in [2.05, 4.69) is 4.98 Å². The third kappa shape index (κ3) is 5.71. The lowest BCUT2D eigenvalue weighted by molar-refractivity contribution is 0.0124. The molecule has 0 radical (unpaired) electrons. The smallest absolute Gasteiger partial charge is 0.410 e. The summed E-state index contributed by atoms with van der Waals surface area (Å²) in [6, 6.07) is 3.62. The summed E-state index contributed by atoms with van der Waals surface area (Å²) in [6.07, 6.45) is 4.92. The summed E-state index contributed by atoms with van der Waals surface area (Å²) in [5.41, 5.74) is 0.0973. The molecule has 144 valence electrons. The lowest BCUT2D eigenvalue weighted by Crippen LogP contribution is -2.48. The lowest BCUT2D eigenvalue weighted by Gasteiger charge is -2.37. The summed E-state index contributed by atoms with van der Waals surface area (Å²) < 4.78 is 5.54. The summed E-state index contributed by atoms with van der Waals surface area (Å²) in [6.45, 7) is 11.6. The first-order valence-electron chi connectivity index (χ1n) is 9.36. The molecule has 0 saturated carbocycles. The van der Waals surface area contributed by atoms with Gasteiger partial charge in [-0.25, -0.2) is 4.79 Å². The standard InChI is InChI=1S/C20H31N3O3/c1-15(2)23(19(25)26-20(3,4)5)14-16-8-7-11-22(13-16)18(24)17-9-6-10-21-12-17/h6,9-10,12,15-16H,7-8,11,13-14H2,1-5H3. The molecule has 1 aliphatic rings. The average molecular weight is 361 g/mol. The van der Waals surface area contributed by atoms with Crippen molar-refractivity contribution in [2.24, 2.45) is 5.92 Å². The van der Waals surface area contributed by atoms with Gasteiger partial charge in [-0.3, -0.25) is 9.78 Å². The van der Waals surface area contributed by atoms with E-state index in [4.69, 9.17) is 4.74 Å². The molecule has 0 aliphatic carbocycles. The molecule has 1 fully saturated rings. The minimum absolute atomic E-state index is 0.0103. The highest BCUT2D eigenvalue weighted by Gasteiger charge is 2.30. The Kier molecular flexibility index (Phi) is 6.62. The van der Waals surface area contributed by atoms with Crippen molar-refractivity contribution >= 4 is 12.0 Å². The molecule has 0 bridgehead atoms. The molecular weight excluding hydrogens is 330 g/mol. The number of carbonyl (C=O) groups is 2. The second kappa shape index (κ2) is 8.52. The average Bonchev–Trinajstić information content (AvgIpc) is 2.58. The lowest BCUT2D eigenvalue weighted by atomic mass is 9.96. The van der Waals surface area contributed by atoms with E-state index in [0.717, 1.165) is 19.4 Å². The monoisotopic (exact) mass is 361 g/mol. The minimum atomic E-state index is -0.515. The predicted molar refractivity (Wildman–Crippen MR) is 101 cm³/mol. The Balaban J connectivity index is 2.01. The Labute approximate surface area is 156 Å². The normalized spacial score (nSPS) is 17.9. The molecule has 1 unspecified atom stereocenters. The van der Waals surface area contributed by atoms with E-state index in [0.29, 0.717) is 18.7 Å². The van der Waals surface area contributed by atoms with Gasteiger partial charge in [0.1, 0.15) is 5.60 Å². The van der Waals surface area contributed by atoms with Gasteiger partial charge < -0.3 is 14.5 Å². The number of rotatable bonds is 4. The zero-order valence-corrected chi connectivity index (χ0v) is 16.6. The number of amides is 2. The number of hydrogen-bond donors (Lipinski definition) is 0. The van der Waals surface area contributed by atoms with Gasteiger partial charge in [0.2, 0.25) is 0 Å². The molecule has 1 atom stereocenters. The van der Waals surface area contributed by atoms with Crippen molar-refractivity contribution in [1.82, 2.24) is 14.8 Å². The Morgan fingerprint density at radius 3 is 2.69 bits per heavy atom. The van der Waals surface area contributed by atoms with Crippen molar-refractivity contribution in [3.8, 4) is 0 Å². The first-order chi connectivity index (χ1) is 12.2. The van der Waals surface area contributed by atoms with Gasteiger partial charge in [-0.05, 0) is 65.5 Å². The zero-order valence-electron chi connectivity index (χ0n) is 16.6. The van der Waals surface area contributed by atoms with Crippen molar-refractivity contribution in [2.75, 3.05) is 19.6 Å². The maximum atomic E-state index is 12.7. The summed E-state index contributed by atoms with van der Waals surface area (Å²) in [7, 11) is 0. The molecular formula is C20H31N3O3. The highest BCUT2D eigenvalue weighted by molar-refractivity contribution is 5.93. The summed E-state index contributed by atoms with van der Waals surface area (Å²) in [5.74, 6) is 0.260. The number of piperidine rings is 1. The van der Waals surface area contributed by atoms with Crippen LogP contribution in [0.25, 0.3) is 0 Å². The Bertz CT molecular complexity index is 610. The molecule has 26 heavy (non-hydrogen) atoms. The van der Waals surface area contributed by atoms with E-state index in [-0.39, 0.29) is 24.0 Å². The number of hydrogen-bond acceptors (Lipinski definition) is 4. The zero-order chi connectivity index (χ0) is 19.3. The van der Waals surface area contributed by atoms with Crippen LogP contribution >= 0.6 is 0 Å². The van der Waals surface area contributed by atoms with E-state index in [1.807, 2.05) is 39.5 Å². The Hall–Kier alpha value is -2.11. The highest BCUT2D eigenvalue weighted by Crippen LogP contribution is 2.22. The SMILES string of the molecule is CC(C)N(CC1CCCN(C(=O)c2cccnc2)C1)C(=O)OC(C)(C)C. The van der Waals surface area contributed by atoms with E-state index in [1.54, 1.807) is 29.4 Å². The van der Waals surface area contributed by atoms with Crippen LogP contribution in [-0.2, 0) is 4.74 Å². The molecule has 1 aromatic heterocycles. The first kappa shape index (κ1) is 20.2. The fourth-order valence-corrected chi connectivity index (χ4v) is 3.17. The Morgan fingerprint density at radius 2 is 2.12 bits per heavy atom. The van der Waals surface area contributed by atoms with Gasteiger partial charge >= 0.3 is 6.09 Å². The quantitative estimate of drug-likeness (QED) is 0.822. The van der Waals surface area contributed by atoms with Gasteiger partial charge in [-0.2, -0.15) is 0 Å². The Morgan fingerprint density at radius 1 is 1.38 bits per heavy atom. The van der Waals surface area contributed by atoms with Crippen molar-refractivity contribution in [1.29, 1.82) is 0 Å². The molecule has 6 heteroatoms. The molecule has 0 spiro atoms. The van der Waals surface area contributed by atoms with Crippen LogP contribution in [0.15, 0.2) is 24.5 Å². The molecule has 2 heterocycles. The van der Waals surface area contributed by atoms with Gasteiger partial charge in [0, 0.05) is 38.1 Å². The van der Waals surface area contributed by atoms with Crippen LogP contribution in [0.5, 0.6) is 0 Å². The number of likely N-dealkylation sites (tertiary alicyclic amines) is 1. The van der Waals surface area contributed by atoms with Gasteiger partial charge in [0.25, 0.3) is 5.91 Å². The van der Waals surface area contributed by atoms with Crippen molar-refractivity contribution in [3.05, 3.63) is 30.1 Å². The third-order valence-electron chi connectivity index (χ3n) is 4.42. The number of aromatic nitrogens is 1. The van der Waals surface area contributed by atoms with Gasteiger partial charge in [0.05, 0.1) is 5.56 Å². The van der Waals surface area contributed by atoms with Crippen LogP contribution in [0.1, 0.15) is 57.8 Å².